The minimum absolute atomic E-state index is 0.0586. The Balaban J connectivity index is 2.70. The van der Waals surface area contributed by atoms with Crippen molar-refractivity contribution in [2.45, 2.75) is 147 Å². The number of hydrogen-bond donors (Lipinski definition) is 13. The van der Waals surface area contributed by atoms with E-state index in [4.69, 9.17) is 22.9 Å². The lowest BCUT2D eigenvalue weighted by Crippen LogP contribution is -2.61. The first-order valence-corrected chi connectivity index (χ1v) is 23.6. The van der Waals surface area contributed by atoms with Crippen molar-refractivity contribution in [1.29, 1.82) is 0 Å². The van der Waals surface area contributed by atoms with Crippen molar-refractivity contribution in [3.8, 4) is 0 Å². The predicted molar refractivity (Wildman–Crippen MR) is 253 cm³/mol. The smallest absolute Gasteiger partial charge is 0.245 e. The van der Waals surface area contributed by atoms with E-state index in [0.29, 0.717) is 31.5 Å². The van der Waals surface area contributed by atoms with Crippen molar-refractivity contribution in [2.24, 2.45) is 28.9 Å². The van der Waals surface area contributed by atoms with E-state index in [0.717, 1.165) is 0 Å². The number of aliphatic hydroxyl groups is 1. The lowest BCUT2D eigenvalue weighted by molar-refractivity contribution is -0.136. The molecule has 0 aromatic heterocycles. The van der Waals surface area contributed by atoms with Crippen LogP contribution in [0.15, 0.2) is 30.3 Å². The van der Waals surface area contributed by atoms with E-state index >= 15 is 0 Å². The van der Waals surface area contributed by atoms with Gasteiger partial charge in [0.1, 0.15) is 42.3 Å². The first kappa shape index (κ1) is 58.4. The summed E-state index contributed by atoms with van der Waals surface area (Å²) in [4.78, 5) is 126. The summed E-state index contributed by atoms with van der Waals surface area (Å²) in [5.74, 6) is -7.34. The molecular weight excluding hydrogens is 883 g/mol. The monoisotopic (exact) mass is 960 g/mol. The predicted octanol–water partition coefficient (Wildman–Crippen LogP) is -4.02. The number of nitrogens with zero attached hydrogens (tertiary/aromatic N) is 1. The molecule has 1 saturated heterocycles. The Morgan fingerprint density at radius 2 is 1.13 bits per heavy atom. The maximum absolute atomic E-state index is 14.3. The number of nitrogens with one attached hydrogen (secondary N) is 8. The van der Waals surface area contributed by atoms with Crippen LogP contribution < -0.4 is 65.5 Å². The molecule has 9 atom stereocenters. The van der Waals surface area contributed by atoms with E-state index in [1.807, 2.05) is 27.7 Å². The Kier molecular flexibility index (Phi) is 26.3. The van der Waals surface area contributed by atoms with Crippen LogP contribution in [0.3, 0.4) is 0 Å². The second kappa shape index (κ2) is 30.6. The van der Waals surface area contributed by atoms with Crippen LogP contribution >= 0.6 is 0 Å². The highest BCUT2D eigenvalue weighted by molar-refractivity contribution is 5.98. The molecule has 0 aliphatic carbocycles. The molecule has 1 fully saturated rings. The molecule has 9 amide bonds. The summed E-state index contributed by atoms with van der Waals surface area (Å²) in [5, 5.41) is 31.3. The van der Waals surface area contributed by atoms with Gasteiger partial charge < -0.3 is 75.5 Å². The topological polar surface area (TPSA) is 377 Å². The molecule has 23 nitrogen and oxygen atoms in total. The molecule has 0 bridgehead atoms. The van der Waals surface area contributed by atoms with E-state index in [-0.39, 0.29) is 82.9 Å². The maximum Gasteiger partial charge on any atom is 0.245 e. The Morgan fingerprint density at radius 3 is 1.62 bits per heavy atom. The second-order valence-electron chi connectivity index (χ2n) is 17.4. The van der Waals surface area contributed by atoms with Gasteiger partial charge >= 0.3 is 0 Å². The van der Waals surface area contributed by atoms with Gasteiger partial charge in [0.25, 0.3) is 0 Å². The molecule has 1 aliphatic rings. The zero-order valence-corrected chi connectivity index (χ0v) is 40.1. The average molecular weight is 960 g/mol. The van der Waals surface area contributed by atoms with Gasteiger partial charge in [-0.2, -0.15) is 0 Å². The largest absolute Gasteiger partial charge is 0.391 e. The highest BCUT2D eigenvalue weighted by atomic mass is 16.3. The van der Waals surface area contributed by atoms with Gasteiger partial charge in [0.05, 0.1) is 18.6 Å². The minimum atomic E-state index is -1.60. The number of aliphatic hydroxyl groups excluding tert-OH is 1. The fraction of sp³-hybridized carbons (Fsp3) is 0.667. The summed E-state index contributed by atoms with van der Waals surface area (Å²) >= 11 is 0. The van der Waals surface area contributed by atoms with Crippen LogP contribution in [0, 0.1) is 5.92 Å². The van der Waals surface area contributed by atoms with Crippen molar-refractivity contribution in [1.82, 2.24) is 47.4 Å². The van der Waals surface area contributed by atoms with Crippen LogP contribution in [0.4, 0.5) is 0 Å². The molecule has 0 radical (unpaired) electrons. The molecule has 0 unspecified atom stereocenters. The summed E-state index contributed by atoms with van der Waals surface area (Å²) in [6.07, 6.45) is -1.17. The van der Waals surface area contributed by atoms with Crippen LogP contribution in [-0.2, 0) is 49.6 Å². The van der Waals surface area contributed by atoms with Crippen molar-refractivity contribution < 1.29 is 48.3 Å². The SMILES string of the molecule is CCCN(CCC)C(=O)C[C@H](N)C(=O)N[C@H]1CCNC(=O)[C@H]([C@@H](C)O)NC(=O)[C@H](CCN)NC(=O)[C@H](CCN)NC(=O)[C@H](CC(C)C)NC(=O)[C@@H](Cc2ccccc2)NC(=O)[C@H](CCN)NC1=O. The normalized spacial score (nSPS) is 23.9. The van der Waals surface area contributed by atoms with Gasteiger partial charge in [-0.1, -0.05) is 58.0 Å². The average Bonchev–Trinajstić information content (AvgIpc) is 3.28. The molecule has 382 valence electrons. The zero-order chi connectivity index (χ0) is 50.9. The van der Waals surface area contributed by atoms with Crippen LogP contribution in [0.1, 0.15) is 91.5 Å². The zero-order valence-electron chi connectivity index (χ0n) is 40.1. The number of carbonyl (C=O) groups is 9. The fourth-order valence-corrected chi connectivity index (χ4v) is 7.40. The van der Waals surface area contributed by atoms with E-state index in [2.05, 4.69) is 42.5 Å². The Labute approximate surface area is 398 Å². The number of amides is 9. The molecule has 0 saturated carbocycles. The molecule has 1 aromatic rings. The third kappa shape index (κ3) is 19.8. The third-order valence-corrected chi connectivity index (χ3v) is 11.0. The van der Waals surface area contributed by atoms with Crippen LogP contribution in [0.25, 0.3) is 0 Å². The number of nitrogens with two attached hydrogens (primary N) is 4. The lowest BCUT2D eigenvalue weighted by Gasteiger charge is -2.28. The minimum Gasteiger partial charge on any atom is -0.391 e. The number of carbonyl (C=O) groups excluding carboxylic acids is 9. The van der Waals surface area contributed by atoms with Crippen LogP contribution in [0.5, 0.6) is 0 Å². The summed E-state index contributed by atoms with van der Waals surface area (Å²) in [5.41, 5.74) is 24.4. The van der Waals surface area contributed by atoms with Crippen molar-refractivity contribution in [2.75, 3.05) is 39.3 Å². The van der Waals surface area contributed by atoms with Gasteiger partial charge in [-0.05, 0) is 83.0 Å². The summed E-state index contributed by atoms with van der Waals surface area (Å²) in [7, 11) is 0. The summed E-state index contributed by atoms with van der Waals surface area (Å²) in [6.45, 7) is 8.92. The Morgan fingerprint density at radius 1 is 0.676 bits per heavy atom. The van der Waals surface area contributed by atoms with E-state index in [1.54, 1.807) is 35.2 Å². The van der Waals surface area contributed by atoms with E-state index < -0.39 is 102 Å². The summed E-state index contributed by atoms with van der Waals surface area (Å²) < 4.78 is 0. The number of benzene rings is 1. The van der Waals surface area contributed by atoms with Gasteiger partial charge in [-0.15, -0.1) is 0 Å². The molecule has 1 aromatic carbocycles. The molecule has 1 aliphatic heterocycles. The van der Waals surface area contributed by atoms with Crippen LogP contribution in [-0.4, -0.2) is 157 Å². The fourth-order valence-electron chi connectivity index (χ4n) is 7.40. The van der Waals surface area contributed by atoms with Crippen molar-refractivity contribution in [3.63, 3.8) is 0 Å². The molecule has 17 N–H and O–H groups in total. The Bertz CT molecular complexity index is 1820. The molecule has 1 heterocycles. The van der Waals surface area contributed by atoms with Gasteiger partial charge in [-0.3, -0.25) is 43.2 Å². The highest BCUT2D eigenvalue weighted by Crippen LogP contribution is 2.11. The third-order valence-electron chi connectivity index (χ3n) is 11.0. The second-order valence-corrected chi connectivity index (χ2v) is 17.4. The van der Waals surface area contributed by atoms with Gasteiger partial charge in [0.2, 0.25) is 53.2 Å². The first-order chi connectivity index (χ1) is 32.3. The Hall–Kier alpha value is -5.75. The van der Waals surface area contributed by atoms with Gasteiger partial charge in [-0.25, -0.2) is 0 Å². The van der Waals surface area contributed by atoms with Gasteiger partial charge in [0, 0.05) is 26.1 Å². The van der Waals surface area contributed by atoms with E-state index in [1.165, 1.54) is 6.92 Å². The standard InChI is InChI=1S/C45H77N13O10/c1-6-21-58(22-7-2)36(60)25-29(49)38(61)51-33-16-20-50-45(68)37(27(5)59)57-42(65)32(15-19-48)53-39(62)30(13-17-46)54-43(66)34(23-26(3)4)55-44(67)35(24-28-11-9-8-10-12-28)56-40(63)31(14-18-47)52-41(33)64/h8-12,26-27,29-35,37,59H,6-7,13-25,46-49H2,1-5H3,(H,50,68)(H,51,61)(H,52,64)(H,53,62)(H,54,66)(H,55,67)(H,56,63)(H,57,65)/t27-,29+,30+,31+,32+,33+,34+,35-,37+/m1/s1. The van der Waals surface area contributed by atoms with Crippen molar-refractivity contribution in [3.05, 3.63) is 35.9 Å². The number of rotatable bonds is 19. The van der Waals surface area contributed by atoms with Crippen molar-refractivity contribution >= 4 is 53.2 Å². The molecule has 68 heavy (non-hydrogen) atoms. The quantitative estimate of drug-likeness (QED) is 0.0629. The van der Waals surface area contributed by atoms with E-state index in [9.17, 15) is 48.3 Å². The maximum atomic E-state index is 14.3. The highest BCUT2D eigenvalue weighted by Gasteiger charge is 2.36. The molecular formula is C45H77N13O10. The molecule has 23 heteroatoms. The molecule has 0 spiro atoms. The van der Waals surface area contributed by atoms with Gasteiger partial charge in [0.15, 0.2) is 0 Å². The first-order valence-electron chi connectivity index (χ1n) is 23.6. The number of hydrogen-bond acceptors (Lipinski definition) is 14. The lowest BCUT2D eigenvalue weighted by atomic mass is 10.00. The molecule has 2 rings (SSSR count). The van der Waals surface area contributed by atoms with Crippen LogP contribution in [0.2, 0.25) is 0 Å². The summed E-state index contributed by atoms with van der Waals surface area (Å²) in [6, 6.07) is -2.41.